The van der Waals surface area contributed by atoms with Crippen molar-refractivity contribution in [2.75, 3.05) is 45.8 Å². The molecule has 27 heavy (non-hydrogen) atoms. The van der Waals surface area contributed by atoms with Crippen LogP contribution in [-0.2, 0) is 0 Å². The van der Waals surface area contributed by atoms with E-state index in [4.69, 9.17) is 4.99 Å². The van der Waals surface area contributed by atoms with Gasteiger partial charge in [-0.25, -0.2) is 0 Å². The van der Waals surface area contributed by atoms with Crippen LogP contribution in [0.4, 0.5) is 0 Å². The van der Waals surface area contributed by atoms with Crippen LogP contribution in [0, 0.1) is 0 Å². The van der Waals surface area contributed by atoms with Crippen molar-refractivity contribution in [2.24, 2.45) is 4.99 Å². The van der Waals surface area contributed by atoms with Crippen molar-refractivity contribution < 1.29 is 0 Å². The summed E-state index contributed by atoms with van der Waals surface area (Å²) in [4.78, 5) is 9.95. The van der Waals surface area contributed by atoms with Gasteiger partial charge in [0.25, 0.3) is 0 Å². The summed E-state index contributed by atoms with van der Waals surface area (Å²) in [6, 6.07) is 1.24. The second kappa shape index (κ2) is 15.2. The molecule has 0 aliphatic carbocycles. The van der Waals surface area contributed by atoms with E-state index in [1.807, 2.05) is 0 Å². The van der Waals surface area contributed by atoms with Crippen molar-refractivity contribution >= 4 is 5.96 Å². The van der Waals surface area contributed by atoms with Gasteiger partial charge in [0.15, 0.2) is 5.96 Å². The number of hydrogen-bond donors (Lipinski definition) is 2. The van der Waals surface area contributed by atoms with Crippen molar-refractivity contribution in [3.05, 3.63) is 0 Å². The summed E-state index contributed by atoms with van der Waals surface area (Å²) in [7, 11) is 0. The fourth-order valence-electron chi connectivity index (χ4n) is 3.89. The van der Waals surface area contributed by atoms with Gasteiger partial charge < -0.3 is 20.4 Å². The second-order valence-corrected chi connectivity index (χ2v) is 8.06. The Bertz CT molecular complexity index is 381. The van der Waals surface area contributed by atoms with Crippen LogP contribution in [0.2, 0.25) is 0 Å². The SMILES string of the molecule is CCNC(=NCCCCN1CCCCC1C)NC(C)CCCN(CC)CC. The molecule has 1 aliphatic rings. The minimum Gasteiger partial charge on any atom is -0.357 e. The van der Waals surface area contributed by atoms with E-state index in [0.717, 1.165) is 38.2 Å². The van der Waals surface area contributed by atoms with Crippen molar-refractivity contribution in [2.45, 2.75) is 91.6 Å². The summed E-state index contributed by atoms with van der Waals surface area (Å²) in [6.45, 7) is 19.1. The zero-order valence-corrected chi connectivity index (χ0v) is 18.9. The third-order valence-corrected chi connectivity index (χ3v) is 5.80. The predicted octanol–water partition coefficient (Wildman–Crippen LogP) is 3.71. The van der Waals surface area contributed by atoms with Crippen molar-refractivity contribution in [3.63, 3.8) is 0 Å². The van der Waals surface area contributed by atoms with Crippen LogP contribution in [0.3, 0.4) is 0 Å². The maximum Gasteiger partial charge on any atom is 0.191 e. The second-order valence-electron chi connectivity index (χ2n) is 8.06. The summed E-state index contributed by atoms with van der Waals surface area (Å²) in [5.74, 6) is 0.985. The molecule has 1 saturated heterocycles. The minimum atomic E-state index is 0.465. The topological polar surface area (TPSA) is 42.9 Å². The Balaban J connectivity index is 2.23. The largest absolute Gasteiger partial charge is 0.357 e. The molecule has 0 bridgehead atoms. The zero-order valence-electron chi connectivity index (χ0n) is 18.9. The summed E-state index contributed by atoms with van der Waals surface area (Å²) >= 11 is 0. The average molecular weight is 382 g/mol. The lowest BCUT2D eigenvalue weighted by atomic mass is 10.0. The van der Waals surface area contributed by atoms with E-state index in [9.17, 15) is 0 Å². The van der Waals surface area contributed by atoms with Crippen LogP contribution in [0.25, 0.3) is 0 Å². The molecule has 0 amide bonds. The molecule has 0 aromatic rings. The summed E-state index contributed by atoms with van der Waals surface area (Å²) < 4.78 is 0. The Morgan fingerprint density at radius 1 is 1.15 bits per heavy atom. The van der Waals surface area contributed by atoms with E-state index in [1.165, 1.54) is 64.6 Å². The minimum absolute atomic E-state index is 0.465. The highest BCUT2D eigenvalue weighted by Gasteiger charge is 2.16. The lowest BCUT2D eigenvalue weighted by molar-refractivity contribution is 0.158. The summed E-state index contributed by atoms with van der Waals surface area (Å²) in [6.07, 6.45) is 9.02. The van der Waals surface area contributed by atoms with Crippen LogP contribution < -0.4 is 10.6 Å². The van der Waals surface area contributed by atoms with Gasteiger partial charge in [-0.05, 0) is 92.0 Å². The number of unbranched alkanes of at least 4 members (excludes halogenated alkanes) is 1. The summed E-state index contributed by atoms with van der Waals surface area (Å²) in [5, 5.41) is 6.99. The molecule has 0 spiro atoms. The van der Waals surface area contributed by atoms with E-state index in [0.29, 0.717) is 6.04 Å². The molecular formula is C22H47N5. The molecule has 2 atom stereocenters. The third kappa shape index (κ3) is 10.9. The first-order valence-electron chi connectivity index (χ1n) is 11.6. The maximum atomic E-state index is 4.80. The number of guanidine groups is 1. The third-order valence-electron chi connectivity index (χ3n) is 5.80. The van der Waals surface area contributed by atoms with Crippen molar-refractivity contribution in [1.82, 2.24) is 20.4 Å². The molecule has 0 saturated carbocycles. The number of rotatable bonds is 13. The molecular weight excluding hydrogens is 334 g/mol. The molecule has 2 N–H and O–H groups in total. The Kier molecular flexibility index (Phi) is 13.6. The van der Waals surface area contributed by atoms with Crippen LogP contribution in [0.5, 0.6) is 0 Å². The van der Waals surface area contributed by atoms with Gasteiger partial charge in [0, 0.05) is 25.2 Å². The molecule has 0 radical (unpaired) electrons. The molecule has 2 unspecified atom stereocenters. The van der Waals surface area contributed by atoms with Crippen LogP contribution in [-0.4, -0.2) is 73.7 Å². The van der Waals surface area contributed by atoms with Crippen LogP contribution >= 0.6 is 0 Å². The highest BCUT2D eigenvalue weighted by molar-refractivity contribution is 5.79. The molecule has 0 aromatic heterocycles. The lowest BCUT2D eigenvalue weighted by Gasteiger charge is -2.33. The number of aliphatic imine (C=N–C) groups is 1. The number of piperidine rings is 1. The van der Waals surface area contributed by atoms with Gasteiger partial charge in [0.05, 0.1) is 0 Å². The number of likely N-dealkylation sites (tertiary alicyclic amines) is 1. The van der Waals surface area contributed by atoms with E-state index in [1.54, 1.807) is 0 Å². The van der Waals surface area contributed by atoms with E-state index in [2.05, 4.69) is 55.1 Å². The quantitative estimate of drug-likeness (QED) is 0.290. The van der Waals surface area contributed by atoms with E-state index in [-0.39, 0.29) is 0 Å². The average Bonchev–Trinajstić information content (AvgIpc) is 2.66. The highest BCUT2D eigenvalue weighted by Crippen LogP contribution is 2.16. The molecule has 1 heterocycles. The van der Waals surface area contributed by atoms with Gasteiger partial charge in [0.1, 0.15) is 0 Å². The smallest absolute Gasteiger partial charge is 0.191 e. The fraction of sp³-hybridized carbons (Fsp3) is 0.955. The summed E-state index contributed by atoms with van der Waals surface area (Å²) in [5.41, 5.74) is 0. The molecule has 5 heteroatoms. The van der Waals surface area contributed by atoms with Crippen molar-refractivity contribution in [3.8, 4) is 0 Å². The Morgan fingerprint density at radius 3 is 2.59 bits per heavy atom. The number of nitrogens with one attached hydrogen (secondary N) is 2. The highest BCUT2D eigenvalue weighted by atomic mass is 15.2. The first-order valence-corrected chi connectivity index (χ1v) is 11.6. The van der Waals surface area contributed by atoms with Gasteiger partial charge >= 0.3 is 0 Å². The first kappa shape index (κ1) is 24.2. The molecule has 1 rings (SSSR count). The lowest BCUT2D eigenvalue weighted by Crippen LogP contribution is -2.42. The molecule has 5 nitrogen and oxygen atoms in total. The van der Waals surface area contributed by atoms with Gasteiger partial charge in [-0.2, -0.15) is 0 Å². The van der Waals surface area contributed by atoms with Crippen LogP contribution in [0.1, 0.15) is 79.6 Å². The van der Waals surface area contributed by atoms with E-state index >= 15 is 0 Å². The van der Waals surface area contributed by atoms with E-state index < -0.39 is 0 Å². The van der Waals surface area contributed by atoms with Crippen molar-refractivity contribution in [1.29, 1.82) is 0 Å². The maximum absolute atomic E-state index is 4.80. The Morgan fingerprint density at radius 2 is 1.93 bits per heavy atom. The number of nitrogens with zero attached hydrogens (tertiary/aromatic N) is 3. The van der Waals surface area contributed by atoms with Crippen LogP contribution in [0.15, 0.2) is 4.99 Å². The number of hydrogen-bond acceptors (Lipinski definition) is 3. The zero-order chi connectivity index (χ0) is 19.9. The first-order chi connectivity index (χ1) is 13.1. The van der Waals surface area contributed by atoms with Gasteiger partial charge in [0.2, 0.25) is 0 Å². The Labute approximate surface area is 169 Å². The normalized spacial score (nSPS) is 20.1. The molecule has 1 aliphatic heterocycles. The predicted molar refractivity (Wildman–Crippen MR) is 120 cm³/mol. The van der Waals surface area contributed by atoms with Gasteiger partial charge in [-0.3, -0.25) is 4.99 Å². The Hall–Kier alpha value is -0.810. The van der Waals surface area contributed by atoms with Gasteiger partial charge in [-0.1, -0.05) is 20.3 Å². The molecule has 0 aromatic carbocycles. The van der Waals surface area contributed by atoms with Gasteiger partial charge in [-0.15, -0.1) is 0 Å². The fourth-order valence-corrected chi connectivity index (χ4v) is 3.89. The standard InChI is InChI=1S/C22H47N5/c1-6-23-22(25-20(4)14-13-17-26(7-2)8-3)24-16-10-12-19-27-18-11-9-15-21(27)5/h20-21H,6-19H2,1-5H3,(H2,23,24,25). The molecule has 160 valence electrons. The monoisotopic (exact) mass is 381 g/mol. The molecule has 1 fully saturated rings.